The van der Waals surface area contributed by atoms with Crippen LogP contribution >= 0.6 is 12.6 Å². The Morgan fingerprint density at radius 3 is 1.89 bits per heavy atom. The number of nitrogens with one attached hydrogen (secondary N) is 1. The Hall–Kier alpha value is -3.13. The van der Waals surface area contributed by atoms with Crippen molar-refractivity contribution in [1.82, 2.24) is 5.32 Å². The lowest BCUT2D eigenvalue weighted by molar-refractivity contribution is -0.140. The van der Waals surface area contributed by atoms with Gasteiger partial charge in [-0.15, -0.1) is 0 Å². The van der Waals surface area contributed by atoms with Gasteiger partial charge in [0.2, 0.25) is 5.91 Å². The number of aliphatic carboxylic acids is 1. The number of carbonyl (C=O) groups excluding carboxylic acids is 1. The van der Waals surface area contributed by atoms with Crippen molar-refractivity contribution in [3.63, 3.8) is 0 Å². The van der Waals surface area contributed by atoms with E-state index < -0.39 is 12.0 Å². The van der Waals surface area contributed by atoms with Crippen LogP contribution in [0.5, 0.6) is 17.2 Å². The van der Waals surface area contributed by atoms with Crippen LogP contribution < -0.4 is 5.32 Å². The minimum atomic E-state index is -1.06. The topological polar surface area (TPSA) is 127 Å². The zero-order chi connectivity index (χ0) is 20.4. The molecule has 0 heterocycles. The van der Waals surface area contributed by atoms with Crippen LogP contribution in [0.25, 0.3) is 12.2 Å². The molecule has 1 atom stereocenters. The second kappa shape index (κ2) is 10.8. The average molecular weight is 391 g/mol. The molecule has 0 bridgehead atoms. The maximum Gasteiger partial charge on any atom is 0.327 e. The molecule has 0 radical (unpaired) electrons. The van der Waals surface area contributed by atoms with Gasteiger partial charge in [0, 0.05) is 18.7 Å². The number of aromatic hydroxyl groups is 3. The van der Waals surface area contributed by atoms with E-state index in [1.165, 1.54) is 13.0 Å². The smallest absolute Gasteiger partial charge is 0.327 e. The molecule has 2 aromatic rings. The molecular formula is C19H21NO6S. The number of benzene rings is 2. The molecule has 7 nitrogen and oxygen atoms in total. The summed E-state index contributed by atoms with van der Waals surface area (Å²) in [7, 11) is 0. The number of carbonyl (C=O) groups is 2. The first-order valence-corrected chi connectivity index (χ1v) is 8.45. The molecule has 0 aliphatic carbocycles. The Bertz CT molecular complexity index is 784. The van der Waals surface area contributed by atoms with Crippen molar-refractivity contribution in [3.8, 4) is 17.2 Å². The van der Waals surface area contributed by atoms with Crippen LogP contribution in [0.1, 0.15) is 18.1 Å². The summed E-state index contributed by atoms with van der Waals surface area (Å²) < 4.78 is 0. The number of thiol groups is 1. The highest BCUT2D eigenvalue weighted by molar-refractivity contribution is 7.80. The number of phenols is 3. The van der Waals surface area contributed by atoms with Crippen molar-refractivity contribution in [3.05, 3.63) is 53.6 Å². The Morgan fingerprint density at radius 1 is 0.963 bits per heavy atom. The summed E-state index contributed by atoms with van der Waals surface area (Å²) >= 11 is 3.73. The molecule has 0 aliphatic rings. The molecule has 0 aliphatic heterocycles. The molecule has 0 aromatic heterocycles. The summed E-state index contributed by atoms with van der Waals surface area (Å²) in [6.07, 6.45) is 3.60. The first-order valence-electron chi connectivity index (χ1n) is 7.82. The summed E-state index contributed by atoms with van der Waals surface area (Å²) in [5.41, 5.74) is 1.63. The molecule has 8 heteroatoms. The Kier molecular flexibility index (Phi) is 8.74. The molecule has 144 valence electrons. The third-order valence-electron chi connectivity index (χ3n) is 3.14. The van der Waals surface area contributed by atoms with E-state index in [9.17, 15) is 19.8 Å². The Labute approximate surface area is 162 Å². The minimum absolute atomic E-state index is 0.0235. The molecule has 27 heavy (non-hydrogen) atoms. The van der Waals surface area contributed by atoms with E-state index in [1.54, 1.807) is 42.5 Å². The first-order chi connectivity index (χ1) is 12.7. The summed E-state index contributed by atoms with van der Waals surface area (Å²) in [6.45, 7) is 1.26. The van der Waals surface area contributed by atoms with Crippen LogP contribution in [0.2, 0.25) is 0 Å². The van der Waals surface area contributed by atoms with E-state index in [0.717, 1.165) is 5.56 Å². The SMILES string of the molecule is CC(=O)NC(CS)C(=O)O.Oc1ccc(C=Cc2cc(O)cc(O)c2)cc1. The van der Waals surface area contributed by atoms with Crippen LogP contribution in [-0.2, 0) is 9.59 Å². The van der Waals surface area contributed by atoms with E-state index in [-0.39, 0.29) is 28.9 Å². The normalized spacial score (nSPS) is 11.3. The van der Waals surface area contributed by atoms with Crippen molar-refractivity contribution < 1.29 is 30.0 Å². The lowest BCUT2D eigenvalue weighted by atomic mass is 10.1. The third kappa shape index (κ3) is 8.68. The van der Waals surface area contributed by atoms with E-state index in [0.29, 0.717) is 5.56 Å². The lowest BCUT2D eigenvalue weighted by Gasteiger charge is -2.08. The van der Waals surface area contributed by atoms with Crippen LogP contribution in [0.4, 0.5) is 0 Å². The van der Waals surface area contributed by atoms with Gasteiger partial charge < -0.3 is 25.7 Å². The number of phenolic OH excluding ortho intramolecular Hbond substituents is 3. The maximum absolute atomic E-state index is 10.3. The van der Waals surface area contributed by atoms with Crippen LogP contribution in [0, 0.1) is 0 Å². The Balaban J connectivity index is 0.000000314. The third-order valence-corrected chi connectivity index (χ3v) is 3.51. The van der Waals surface area contributed by atoms with Crippen LogP contribution in [-0.4, -0.2) is 44.1 Å². The van der Waals surface area contributed by atoms with E-state index in [2.05, 4.69) is 17.9 Å². The molecule has 2 rings (SSSR count). The van der Waals surface area contributed by atoms with Gasteiger partial charge in [-0.2, -0.15) is 12.6 Å². The number of carboxylic acid groups (broad SMARTS) is 1. The molecule has 2 aromatic carbocycles. The van der Waals surface area contributed by atoms with Gasteiger partial charge in [-0.25, -0.2) is 4.79 Å². The predicted octanol–water partition coefficient (Wildman–Crippen LogP) is 2.48. The van der Waals surface area contributed by atoms with E-state index in [4.69, 9.17) is 10.2 Å². The van der Waals surface area contributed by atoms with Gasteiger partial charge in [-0.1, -0.05) is 24.3 Å². The Morgan fingerprint density at radius 2 is 1.48 bits per heavy atom. The van der Waals surface area contributed by atoms with Crippen molar-refractivity contribution in [2.24, 2.45) is 0 Å². The van der Waals surface area contributed by atoms with E-state index >= 15 is 0 Å². The molecule has 1 amide bonds. The van der Waals surface area contributed by atoms with Crippen LogP contribution in [0.3, 0.4) is 0 Å². The number of hydrogen-bond acceptors (Lipinski definition) is 6. The van der Waals surface area contributed by atoms with Gasteiger partial charge in [0.25, 0.3) is 0 Å². The zero-order valence-electron chi connectivity index (χ0n) is 14.5. The molecule has 0 spiro atoms. The van der Waals surface area contributed by atoms with Crippen LogP contribution in [0.15, 0.2) is 42.5 Å². The summed E-state index contributed by atoms with van der Waals surface area (Å²) in [5.74, 6) is -1.05. The fraction of sp³-hybridized carbons (Fsp3) is 0.158. The monoisotopic (exact) mass is 391 g/mol. The molecule has 1 unspecified atom stereocenters. The zero-order valence-corrected chi connectivity index (χ0v) is 15.4. The standard InChI is InChI=1S/C14H12O3.C5H9NO3S/c15-12-5-3-10(4-6-12)1-2-11-7-13(16)9-14(17)8-11;1-3(7)6-4(2-10)5(8)9/h1-9,15-17H;4,10H,2H2,1H3,(H,6,7)(H,8,9). The largest absolute Gasteiger partial charge is 0.508 e. The summed E-state index contributed by atoms with van der Waals surface area (Å²) in [4.78, 5) is 20.5. The lowest BCUT2D eigenvalue weighted by Crippen LogP contribution is -2.40. The molecule has 5 N–H and O–H groups in total. The highest BCUT2D eigenvalue weighted by atomic mass is 32.1. The van der Waals surface area contributed by atoms with E-state index in [1.807, 2.05) is 6.08 Å². The summed E-state index contributed by atoms with van der Waals surface area (Å²) in [6, 6.07) is 10.2. The molecular weight excluding hydrogens is 370 g/mol. The van der Waals surface area contributed by atoms with Crippen molar-refractivity contribution >= 4 is 36.7 Å². The van der Waals surface area contributed by atoms with Gasteiger partial charge in [0.15, 0.2) is 0 Å². The molecule has 0 saturated carbocycles. The second-order valence-electron chi connectivity index (χ2n) is 5.48. The number of amides is 1. The van der Waals surface area contributed by atoms with Crippen molar-refractivity contribution in [1.29, 1.82) is 0 Å². The number of carboxylic acids is 1. The van der Waals surface area contributed by atoms with Gasteiger partial charge in [-0.3, -0.25) is 4.79 Å². The van der Waals surface area contributed by atoms with Gasteiger partial charge in [0.1, 0.15) is 23.3 Å². The number of rotatable bonds is 5. The fourth-order valence-corrected chi connectivity index (χ4v) is 2.17. The molecule has 0 fully saturated rings. The second-order valence-corrected chi connectivity index (χ2v) is 5.85. The molecule has 0 saturated heterocycles. The van der Waals surface area contributed by atoms with Gasteiger partial charge in [0.05, 0.1) is 0 Å². The average Bonchev–Trinajstić information content (AvgIpc) is 2.58. The quantitative estimate of drug-likeness (QED) is 0.343. The van der Waals surface area contributed by atoms with Gasteiger partial charge >= 0.3 is 5.97 Å². The highest BCUT2D eigenvalue weighted by Crippen LogP contribution is 2.22. The predicted molar refractivity (Wildman–Crippen MR) is 106 cm³/mol. The maximum atomic E-state index is 10.3. The summed E-state index contributed by atoms with van der Waals surface area (Å²) in [5, 5.41) is 38.3. The fourth-order valence-electron chi connectivity index (χ4n) is 1.92. The minimum Gasteiger partial charge on any atom is -0.508 e. The van der Waals surface area contributed by atoms with Gasteiger partial charge in [-0.05, 0) is 35.4 Å². The number of hydrogen-bond donors (Lipinski definition) is 6. The first kappa shape index (κ1) is 21.9. The van der Waals surface area contributed by atoms with Crippen molar-refractivity contribution in [2.75, 3.05) is 5.75 Å². The highest BCUT2D eigenvalue weighted by Gasteiger charge is 2.15. The van der Waals surface area contributed by atoms with Crippen molar-refractivity contribution in [2.45, 2.75) is 13.0 Å².